The molecule has 2 rings (SSSR count). The van der Waals surface area contributed by atoms with E-state index in [4.69, 9.17) is 17.3 Å². The Morgan fingerprint density at radius 1 is 1.19 bits per heavy atom. The standard InChI is InChI=1S/C16H18ClN3O/c1-19-16(21)12-4-7-14(18)15(10-12)20-9-8-11-2-5-13(17)6-3-11/h2-7,10,20H,8-9,18H2,1H3,(H,19,21). The van der Waals surface area contributed by atoms with Crippen LogP contribution in [0.2, 0.25) is 5.02 Å². The van der Waals surface area contributed by atoms with E-state index >= 15 is 0 Å². The monoisotopic (exact) mass is 303 g/mol. The predicted octanol–water partition coefficient (Wildman–Crippen LogP) is 2.94. The Morgan fingerprint density at radius 2 is 1.90 bits per heavy atom. The van der Waals surface area contributed by atoms with Gasteiger partial charge in [-0.1, -0.05) is 23.7 Å². The van der Waals surface area contributed by atoms with Crippen LogP contribution in [0.5, 0.6) is 0 Å². The minimum absolute atomic E-state index is 0.129. The number of nitrogens with two attached hydrogens (primary N) is 1. The molecular weight excluding hydrogens is 286 g/mol. The molecule has 4 N–H and O–H groups in total. The molecule has 0 aliphatic carbocycles. The highest BCUT2D eigenvalue weighted by Gasteiger charge is 2.06. The van der Waals surface area contributed by atoms with Gasteiger partial charge in [-0.25, -0.2) is 0 Å². The Labute approximate surface area is 129 Å². The predicted molar refractivity (Wildman–Crippen MR) is 87.9 cm³/mol. The first-order valence-electron chi connectivity index (χ1n) is 6.70. The Morgan fingerprint density at radius 3 is 2.57 bits per heavy atom. The van der Waals surface area contributed by atoms with Crippen molar-refractivity contribution in [3.05, 3.63) is 58.6 Å². The molecule has 0 saturated heterocycles. The molecule has 0 aliphatic rings. The minimum atomic E-state index is -0.129. The van der Waals surface area contributed by atoms with Gasteiger partial charge in [0.15, 0.2) is 0 Å². The summed E-state index contributed by atoms with van der Waals surface area (Å²) >= 11 is 5.85. The second-order valence-electron chi connectivity index (χ2n) is 4.68. The van der Waals surface area contributed by atoms with Crippen molar-refractivity contribution in [3.63, 3.8) is 0 Å². The molecule has 4 nitrogen and oxygen atoms in total. The van der Waals surface area contributed by atoms with Crippen molar-refractivity contribution in [1.29, 1.82) is 0 Å². The summed E-state index contributed by atoms with van der Waals surface area (Å²) in [4.78, 5) is 11.6. The largest absolute Gasteiger partial charge is 0.397 e. The summed E-state index contributed by atoms with van der Waals surface area (Å²) in [5, 5.41) is 6.58. The van der Waals surface area contributed by atoms with E-state index in [-0.39, 0.29) is 5.91 Å². The third-order valence-electron chi connectivity index (χ3n) is 3.18. The van der Waals surface area contributed by atoms with Crippen LogP contribution in [0.3, 0.4) is 0 Å². The van der Waals surface area contributed by atoms with Gasteiger partial charge in [-0.2, -0.15) is 0 Å². The Kier molecular flexibility index (Phi) is 5.06. The zero-order valence-electron chi connectivity index (χ0n) is 11.8. The highest BCUT2D eigenvalue weighted by molar-refractivity contribution is 6.30. The third kappa shape index (κ3) is 4.13. The number of carbonyl (C=O) groups is 1. The smallest absolute Gasteiger partial charge is 0.251 e. The van der Waals surface area contributed by atoms with Crippen molar-refractivity contribution in [1.82, 2.24) is 5.32 Å². The number of benzene rings is 2. The molecule has 0 fully saturated rings. The maximum absolute atomic E-state index is 11.6. The normalized spacial score (nSPS) is 10.2. The van der Waals surface area contributed by atoms with Gasteiger partial charge < -0.3 is 16.4 Å². The first-order chi connectivity index (χ1) is 10.1. The fraction of sp³-hybridized carbons (Fsp3) is 0.188. The fourth-order valence-corrected chi connectivity index (χ4v) is 2.11. The van der Waals surface area contributed by atoms with Crippen LogP contribution in [-0.4, -0.2) is 19.5 Å². The molecule has 0 heterocycles. The van der Waals surface area contributed by atoms with Gasteiger partial charge in [-0.3, -0.25) is 4.79 Å². The minimum Gasteiger partial charge on any atom is -0.397 e. The van der Waals surface area contributed by atoms with E-state index in [0.717, 1.165) is 23.7 Å². The maximum atomic E-state index is 11.6. The molecule has 0 saturated carbocycles. The summed E-state index contributed by atoms with van der Waals surface area (Å²) < 4.78 is 0. The van der Waals surface area contributed by atoms with E-state index in [0.29, 0.717) is 11.3 Å². The van der Waals surface area contributed by atoms with Gasteiger partial charge in [0.25, 0.3) is 5.91 Å². The third-order valence-corrected chi connectivity index (χ3v) is 3.44. The summed E-state index contributed by atoms with van der Waals surface area (Å²) in [5.41, 5.74) is 9.08. The van der Waals surface area contributed by atoms with Gasteiger partial charge in [0.1, 0.15) is 0 Å². The van der Waals surface area contributed by atoms with E-state index in [1.54, 1.807) is 25.2 Å². The summed E-state index contributed by atoms with van der Waals surface area (Å²) in [5.74, 6) is -0.129. The van der Waals surface area contributed by atoms with Crippen molar-refractivity contribution in [2.45, 2.75) is 6.42 Å². The molecular formula is C16H18ClN3O. The fourth-order valence-electron chi connectivity index (χ4n) is 1.99. The molecule has 0 atom stereocenters. The Balaban J connectivity index is 1.99. The van der Waals surface area contributed by atoms with E-state index in [1.165, 1.54) is 5.56 Å². The molecule has 21 heavy (non-hydrogen) atoms. The van der Waals surface area contributed by atoms with Crippen LogP contribution >= 0.6 is 11.6 Å². The second kappa shape index (κ2) is 6.99. The van der Waals surface area contributed by atoms with Crippen LogP contribution in [0.1, 0.15) is 15.9 Å². The topological polar surface area (TPSA) is 67.2 Å². The lowest BCUT2D eigenvalue weighted by molar-refractivity contribution is 0.0963. The molecule has 5 heteroatoms. The van der Waals surface area contributed by atoms with Crippen LogP contribution in [-0.2, 0) is 6.42 Å². The van der Waals surface area contributed by atoms with Crippen LogP contribution in [0.4, 0.5) is 11.4 Å². The quantitative estimate of drug-likeness (QED) is 0.744. The van der Waals surface area contributed by atoms with Gasteiger partial charge in [0.2, 0.25) is 0 Å². The number of amides is 1. The van der Waals surface area contributed by atoms with Crippen molar-refractivity contribution >= 4 is 28.9 Å². The van der Waals surface area contributed by atoms with Crippen LogP contribution in [0.25, 0.3) is 0 Å². The first kappa shape index (κ1) is 15.2. The number of hydrogen-bond donors (Lipinski definition) is 3. The second-order valence-corrected chi connectivity index (χ2v) is 5.12. The summed E-state index contributed by atoms with van der Waals surface area (Å²) in [6.07, 6.45) is 0.848. The highest BCUT2D eigenvalue weighted by Crippen LogP contribution is 2.20. The van der Waals surface area contributed by atoms with Crippen LogP contribution in [0.15, 0.2) is 42.5 Å². The van der Waals surface area contributed by atoms with Gasteiger partial charge in [0.05, 0.1) is 11.4 Å². The molecule has 2 aromatic rings. The number of halogens is 1. The van der Waals surface area contributed by atoms with Gasteiger partial charge in [-0.15, -0.1) is 0 Å². The van der Waals surface area contributed by atoms with Crippen molar-refractivity contribution in [2.24, 2.45) is 0 Å². The lowest BCUT2D eigenvalue weighted by Gasteiger charge is -2.11. The van der Waals surface area contributed by atoms with E-state index in [1.807, 2.05) is 24.3 Å². The number of rotatable bonds is 5. The zero-order valence-corrected chi connectivity index (χ0v) is 12.6. The molecule has 0 unspecified atom stereocenters. The SMILES string of the molecule is CNC(=O)c1ccc(N)c(NCCc2ccc(Cl)cc2)c1. The molecule has 110 valence electrons. The van der Waals surface area contributed by atoms with Crippen molar-refractivity contribution < 1.29 is 4.79 Å². The average Bonchev–Trinajstić information content (AvgIpc) is 2.50. The lowest BCUT2D eigenvalue weighted by Crippen LogP contribution is -2.18. The van der Waals surface area contributed by atoms with Crippen molar-refractivity contribution in [3.8, 4) is 0 Å². The molecule has 0 aliphatic heterocycles. The van der Waals surface area contributed by atoms with E-state index in [2.05, 4.69) is 10.6 Å². The summed E-state index contributed by atoms with van der Waals surface area (Å²) in [7, 11) is 1.60. The summed E-state index contributed by atoms with van der Waals surface area (Å²) in [6.45, 7) is 0.725. The van der Waals surface area contributed by atoms with Crippen LogP contribution in [0, 0.1) is 0 Å². The number of nitrogen functional groups attached to an aromatic ring is 1. The zero-order chi connectivity index (χ0) is 15.2. The van der Waals surface area contributed by atoms with Gasteiger partial charge in [0, 0.05) is 24.2 Å². The Bertz CT molecular complexity index is 626. The first-order valence-corrected chi connectivity index (χ1v) is 7.08. The summed E-state index contributed by atoms with van der Waals surface area (Å²) in [6, 6.07) is 12.9. The van der Waals surface area contributed by atoms with E-state index in [9.17, 15) is 4.79 Å². The number of hydrogen-bond acceptors (Lipinski definition) is 3. The molecule has 0 bridgehead atoms. The van der Waals surface area contributed by atoms with Crippen molar-refractivity contribution in [2.75, 3.05) is 24.6 Å². The molecule has 2 aromatic carbocycles. The average molecular weight is 304 g/mol. The maximum Gasteiger partial charge on any atom is 0.251 e. The van der Waals surface area contributed by atoms with Crippen LogP contribution < -0.4 is 16.4 Å². The van der Waals surface area contributed by atoms with Gasteiger partial charge in [-0.05, 0) is 42.3 Å². The Hall–Kier alpha value is -2.20. The van der Waals surface area contributed by atoms with Gasteiger partial charge >= 0.3 is 0 Å². The number of nitrogens with one attached hydrogen (secondary N) is 2. The molecule has 0 aromatic heterocycles. The highest BCUT2D eigenvalue weighted by atomic mass is 35.5. The lowest BCUT2D eigenvalue weighted by atomic mass is 10.1. The molecule has 0 radical (unpaired) electrons. The molecule has 1 amide bonds. The molecule has 0 spiro atoms. The number of carbonyl (C=O) groups excluding carboxylic acids is 1. The van der Waals surface area contributed by atoms with E-state index < -0.39 is 0 Å². The number of anilines is 2.